The van der Waals surface area contributed by atoms with Crippen molar-refractivity contribution >= 4 is 15.9 Å². The van der Waals surface area contributed by atoms with Crippen molar-refractivity contribution in [2.75, 3.05) is 0 Å². The van der Waals surface area contributed by atoms with Crippen molar-refractivity contribution < 1.29 is 5.11 Å². The molecule has 4 heteroatoms. The van der Waals surface area contributed by atoms with E-state index in [4.69, 9.17) is 0 Å². The van der Waals surface area contributed by atoms with E-state index in [-0.39, 0.29) is 0 Å². The fourth-order valence-electron chi connectivity index (χ4n) is 3.15. The Labute approximate surface area is 118 Å². The maximum atomic E-state index is 11.0. The first-order valence-corrected chi connectivity index (χ1v) is 7.55. The van der Waals surface area contributed by atoms with Crippen LogP contribution in [0.3, 0.4) is 0 Å². The molecule has 1 aliphatic carbocycles. The van der Waals surface area contributed by atoms with Gasteiger partial charge in [0.15, 0.2) is 0 Å². The molecule has 1 aromatic heterocycles. The summed E-state index contributed by atoms with van der Waals surface area (Å²) in [5.41, 5.74) is 1.52. The Morgan fingerprint density at radius 3 is 2.72 bits per heavy atom. The molecule has 0 aliphatic heterocycles. The van der Waals surface area contributed by atoms with Gasteiger partial charge in [-0.2, -0.15) is 5.10 Å². The number of rotatable bonds is 2. The predicted molar refractivity (Wildman–Crippen MR) is 76.5 cm³/mol. The van der Waals surface area contributed by atoms with Crippen molar-refractivity contribution in [2.24, 2.45) is 18.9 Å². The van der Waals surface area contributed by atoms with Crippen LogP contribution in [0.1, 0.15) is 44.5 Å². The third-order valence-corrected chi connectivity index (χ3v) is 5.74. The summed E-state index contributed by atoms with van der Waals surface area (Å²) < 4.78 is 2.94. The molecular formula is C14H23BrN2O. The summed E-state index contributed by atoms with van der Waals surface area (Å²) >= 11 is 3.59. The third-order valence-electron chi connectivity index (χ3n) is 4.71. The van der Waals surface area contributed by atoms with Gasteiger partial charge in [-0.05, 0) is 41.1 Å². The van der Waals surface area contributed by atoms with Crippen molar-refractivity contribution in [2.45, 2.75) is 52.1 Å². The van der Waals surface area contributed by atoms with E-state index in [9.17, 15) is 5.11 Å². The highest BCUT2D eigenvalue weighted by atomic mass is 79.9. The lowest BCUT2D eigenvalue weighted by atomic mass is 9.69. The molecule has 1 saturated carbocycles. The zero-order valence-electron chi connectivity index (χ0n) is 11.7. The Morgan fingerprint density at radius 2 is 2.17 bits per heavy atom. The van der Waals surface area contributed by atoms with Crippen molar-refractivity contribution in [1.29, 1.82) is 0 Å². The summed E-state index contributed by atoms with van der Waals surface area (Å²) in [6, 6.07) is 0. The molecule has 3 nitrogen and oxygen atoms in total. The van der Waals surface area contributed by atoms with E-state index in [1.54, 1.807) is 0 Å². The zero-order valence-corrected chi connectivity index (χ0v) is 13.3. The number of aliphatic hydroxyl groups is 1. The Bertz CT molecular complexity index is 443. The first-order valence-electron chi connectivity index (χ1n) is 6.75. The second kappa shape index (κ2) is 4.97. The number of aromatic nitrogens is 2. The second-order valence-corrected chi connectivity index (χ2v) is 6.70. The van der Waals surface area contributed by atoms with Gasteiger partial charge in [0.1, 0.15) is 0 Å². The van der Waals surface area contributed by atoms with Crippen LogP contribution in [0.25, 0.3) is 0 Å². The molecule has 0 amide bonds. The SMILES string of the molecule is Cc1nn(C)c(CC2(O)CCCC(C)C2C)c1Br. The molecule has 1 N–H and O–H groups in total. The Hall–Kier alpha value is -0.350. The number of hydrogen-bond acceptors (Lipinski definition) is 2. The number of halogens is 1. The molecule has 1 aromatic rings. The number of nitrogens with zero attached hydrogens (tertiary/aromatic N) is 2. The molecule has 0 radical (unpaired) electrons. The maximum absolute atomic E-state index is 11.0. The summed E-state index contributed by atoms with van der Waals surface area (Å²) in [6.07, 6.45) is 3.94. The Balaban J connectivity index is 2.26. The molecule has 0 saturated heterocycles. The van der Waals surface area contributed by atoms with Crippen LogP contribution in [0.2, 0.25) is 0 Å². The Kier molecular flexibility index (Phi) is 3.88. The predicted octanol–water partition coefficient (Wildman–Crippen LogP) is 3.22. The molecule has 1 aliphatic rings. The van der Waals surface area contributed by atoms with Gasteiger partial charge < -0.3 is 5.11 Å². The summed E-state index contributed by atoms with van der Waals surface area (Å²) in [4.78, 5) is 0. The third kappa shape index (κ3) is 2.37. The van der Waals surface area contributed by atoms with Crippen molar-refractivity contribution in [1.82, 2.24) is 9.78 Å². The van der Waals surface area contributed by atoms with Crippen molar-refractivity contribution in [3.63, 3.8) is 0 Å². The monoisotopic (exact) mass is 314 g/mol. The lowest BCUT2D eigenvalue weighted by molar-refractivity contribution is -0.0633. The van der Waals surface area contributed by atoms with E-state index in [0.717, 1.165) is 28.7 Å². The summed E-state index contributed by atoms with van der Waals surface area (Å²) in [7, 11) is 1.95. The lowest BCUT2D eigenvalue weighted by Gasteiger charge is -2.42. The van der Waals surface area contributed by atoms with Gasteiger partial charge in [-0.1, -0.05) is 26.7 Å². The minimum absolute atomic E-state index is 0.341. The topological polar surface area (TPSA) is 38.0 Å². The van der Waals surface area contributed by atoms with E-state index in [2.05, 4.69) is 34.9 Å². The van der Waals surface area contributed by atoms with E-state index in [1.807, 2.05) is 18.7 Å². The minimum atomic E-state index is -0.583. The fraction of sp³-hybridized carbons (Fsp3) is 0.786. The maximum Gasteiger partial charge on any atom is 0.0738 e. The van der Waals surface area contributed by atoms with Gasteiger partial charge in [-0.15, -0.1) is 0 Å². The van der Waals surface area contributed by atoms with E-state index < -0.39 is 5.60 Å². The Morgan fingerprint density at radius 1 is 1.50 bits per heavy atom. The normalized spacial score (nSPS) is 32.8. The summed E-state index contributed by atoms with van der Waals surface area (Å²) in [5.74, 6) is 0.935. The molecule has 1 heterocycles. The standard InChI is InChI=1S/C14H23BrN2O/c1-9-6-5-7-14(18,10(9)2)8-12-13(15)11(3)16-17(12)4/h9-10,18H,5-8H2,1-4H3. The van der Waals surface area contributed by atoms with Crippen LogP contribution >= 0.6 is 15.9 Å². The van der Waals surface area contributed by atoms with Crippen LogP contribution in [0.4, 0.5) is 0 Å². The molecule has 18 heavy (non-hydrogen) atoms. The van der Waals surface area contributed by atoms with Crippen molar-refractivity contribution in [3.8, 4) is 0 Å². The fourth-order valence-corrected chi connectivity index (χ4v) is 3.63. The van der Waals surface area contributed by atoms with Crippen LogP contribution in [0.5, 0.6) is 0 Å². The van der Waals surface area contributed by atoms with E-state index in [0.29, 0.717) is 18.3 Å². The van der Waals surface area contributed by atoms with Crippen LogP contribution in [0, 0.1) is 18.8 Å². The first-order chi connectivity index (χ1) is 8.35. The van der Waals surface area contributed by atoms with E-state index >= 15 is 0 Å². The first kappa shape index (κ1) is 14.1. The van der Waals surface area contributed by atoms with Gasteiger partial charge in [0.2, 0.25) is 0 Å². The van der Waals surface area contributed by atoms with Gasteiger partial charge in [0.25, 0.3) is 0 Å². The summed E-state index contributed by atoms with van der Waals surface area (Å²) in [5, 5.41) is 15.4. The molecule has 102 valence electrons. The molecular weight excluding hydrogens is 292 g/mol. The average Bonchev–Trinajstić information content (AvgIpc) is 2.53. The average molecular weight is 315 g/mol. The van der Waals surface area contributed by atoms with Gasteiger partial charge in [-0.3, -0.25) is 4.68 Å². The van der Waals surface area contributed by atoms with Crippen LogP contribution in [-0.4, -0.2) is 20.5 Å². The highest BCUT2D eigenvalue weighted by molar-refractivity contribution is 9.10. The molecule has 1 fully saturated rings. The van der Waals surface area contributed by atoms with E-state index in [1.165, 1.54) is 6.42 Å². The van der Waals surface area contributed by atoms with Crippen molar-refractivity contribution in [3.05, 3.63) is 15.9 Å². The smallest absolute Gasteiger partial charge is 0.0738 e. The highest BCUT2D eigenvalue weighted by Gasteiger charge is 2.40. The molecule has 0 aromatic carbocycles. The number of aryl methyl sites for hydroxylation is 2. The molecule has 0 bridgehead atoms. The molecule has 2 rings (SSSR count). The van der Waals surface area contributed by atoms with Crippen LogP contribution in [-0.2, 0) is 13.5 Å². The van der Waals surface area contributed by atoms with Crippen LogP contribution < -0.4 is 0 Å². The second-order valence-electron chi connectivity index (χ2n) is 5.91. The van der Waals surface area contributed by atoms with Crippen LogP contribution in [0.15, 0.2) is 4.47 Å². The zero-order chi connectivity index (χ0) is 13.5. The number of hydrogen-bond donors (Lipinski definition) is 1. The van der Waals surface area contributed by atoms with Gasteiger partial charge in [-0.25, -0.2) is 0 Å². The molecule has 0 spiro atoms. The largest absolute Gasteiger partial charge is 0.389 e. The summed E-state index contributed by atoms with van der Waals surface area (Å²) in [6.45, 7) is 6.42. The molecule has 3 atom stereocenters. The lowest BCUT2D eigenvalue weighted by Crippen LogP contribution is -2.45. The quantitative estimate of drug-likeness (QED) is 0.910. The highest BCUT2D eigenvalue weighted by Crippen LogP contribution is 2.40. The van der Waals surface area contributed by atoms with Gasteiger partial charge in [0.05, 0.1) is 21.5 Å². The molecule has 3 unspecified atom stereocenters. The minimum Gasteiger partial charge on any atom is -0.389 e. The van der Waals surface area contributed by atoms with Gasteiger partial charge in [0, 0.05) is 13.5 Å². The van der Waals surface area contributed by atoms with Gasteiger partial charge >= 0.3 is 0 Å².